The summed E-state index contributed by atoms with van der Waals surface area (Å²) in [4.78, 5) is 4.58. The Morgan fingerprint density at radius 2 is 1.62 bits per heavy atom. The summed E-state index contributed by atoms with van der Waals surface area (Å²) in [5, 5.41) is 4.11. The molecule has 1 aliphatic carbocycles. The Bertz CT molecular complexity index is 459. The van der Waals surface area contributed by atoms with Crippen LogP contribution in [0.25, 0.3) is 0 Å². The second-order valence-corrected chi connectivity index (χ2v) is 8.75. The van der Waals surface area contributed by atoms with Gasteiger partial charge in [-0.3, -0.25) is 0 Å². The molecule has 0 aliphatic heterocycles. The van der Waals surface area contributed by atoms with Crippen LogP contribution in [0.3, 0.4) is 0 Å². The lowest BCUT2D eigenvalue weighted by Gasteiger charge is -2.35. The Morgan fingerprint density at radius 3 is 2.10 bits per heavy atom. The molecule has 0 aromatic carbocycles. The average Bonchev–Trinajstić information content (AvgIpc) is 2.85. The van der Waals surface area contributed by atoms with Crippen molar-refractivity contribution in [1.82, 2.24) is 10.1 Å². The van der Waals surface area contributed by atoms with Crippen LogP contribution in [0.1, 0.15) is 90.9 Å². The highest BCUT2D eigenvalue weighted by Crippen LogP contribution is 2.43. The zero-order valence-corrected chi connectivity index (χ0v) is 14.4. The van der Waals surface area contributed by atoms with E-state index in [1.807, 2.05) is 0 Å². The van der Waals surface area contributed by atoms with Crippen LogP contribution < -0.4 is 5.73 Å². The molecule has 120 valence electrons. The maximum atomic E-state index is 6.21. The molecule has 1 atom stereocenters. The highest BCUT2D eigenvalue weighted by atomic mass is 16.5. The molecule has 1 saturated carbocycles. The lowest BCUT2D eigenvalue weighted by molar-refractivity contribution is 0.159. The van der Waals surface area contributed by atoms with Gasteiger partial charge >= 0.3 is 0 Å². The molecule has 0 bridgehead atoms. The van der Waals surface area contributed by atoms with Gasteiger partial charge in [-0.15, -0.1) is 0 Å². The summed E-state index contributed by atoms with van der Waals surface area (Å²) < 4.78 is 5.50. The number of aromatic nitrogens is 2. The van der Waals surface area contributed by atoms with Gasteiger partial charge in [-0.2, -0.15) is 4.98 Å². The van der Waals surface area contributed by atoms with Gasteiger partial charge in [0.25, 0.3) is 0 Å². The minimum absolute atomic E-state index is 0.0506. The van der Waals surface area contributed by atoms with Gasteiger partial charge in [0, 0.05) is 5.92 Å². The molecule has 1 unspecified atom stereocenters. The summed E-state index contributed by atoms with van der Waals surface area (Å²) in [6.45, 7) is 13.3. The van der Waals surface area contributed by atoms with Crippen molar-refractivity contribution in [3.8, 4) is 0 Å². The zero-order chi connectivity index (χ0) is 15.8. The third-order valence-corrected chi connectivity index (χ3v) is 4.97. The predicted octanol–water partition coefficient (Wildman–Crippen LogP) is 4.44. The number of nitrogens with two attached hydrogens (primary N) is 1. The quantitative estimate of drug-likeness (QED) is 0.875. The summed E-state index contributed by atoms with van der Waals surface area (Å²) in [6, 6.07) is -0.180. The fourth-order valence-corrected chi connectivity index (χ4v) is 3.13. The van der Waals surface area contributed by atoms with Crippen LogP contribution >= 0.6 is 0 Å². The molecular weight excluding hydrogens is 262 g/mol. The molecular formula is C17H31N3O. The fraction of sp³-hybridized carbons (Fsp3) is 0.882. The summed E-state index contributed by atoms with van der Waals surface area (Å²) >= 11 is 0. The maximum Gasteiger partial charge on any atom is 0.229 e. The Balaban J connectivity index is 2.01. The molecule has 0 amide bonds. The second-order valence-electron chi connectivity index (χ2n) is 8.75. The van der Waals surface area contributed by atoms with Gasteiger partial charge in [-0.1, -0.05) is 46.7 Å². The van der Waals surface area contributed by atoms with Crippen LogP contribution in [0.2, 0.25) is 0 Å². The summed E-state index contributed by atoms with van der Waals surface area (Å²) in [7, 11) is 0. The molecule has 2 N–H and O–H groups in total. The molecule has 1 fully saturated rings. The van der Waals surface area contributed by atoms with Gasteiger partial charge in [0.05, 0.1) is 6.04 Å². The van der Waals surface area contributed by atoms with E-state index < -0.39 is 0 Å². The first-order chi connectivity index (χ1) is 9.59. The first kappa shape index (κ1) is 16.5. The Hall–Kier alpha value is -0.900. The van der Waals surface area contributed by atoms with Gasteiger partial charge < -0.3 is 10.3 Å². The van der Waals surface area contributed by atoms with Crippen LogP contribution in [0.4, 0.5) is 0 Å². The number of nitrogens with zero attached hydrogens (tertiary/aromatic N) is 2. The minimum atomic E-state index is -0.180. The predicted molar refractivity (Wildman–Crippen MR) is 84.8 cm³/mol. The van der Waals surface area contributed by atoms with E-state index >= 15 is 0 Å². The molecule has 1 aromatic rings. The molecule has 0 spiro atoms. The normalized spacial score (nSPS) is 25.9. The maximum absolute atomic E-state index is 6.21. The van der Waals surface area contributed by atoms with Crippen molar-refractivity contribution < 1.29 is 4.52 Å². The Kier molecular flexibility index (Phi) is 4.48. The van der Waals surface area contributed by atoms with E-state index in [9.17, 15) is 0 Å². The molecule has 4 nitrogen and oxygen atoms in total. The standard InChI is InChI=1S/C17H31N3O/c1-16(2,3)12-9-7-11(8-10-12)15-19-14(20-21-15)13(18)17(4,5)6/h11-13H,7-10,18H2,1-6H3. The first-order valence-electron chi connectivity index (χ1n) is 8.18. The molecule has 21 heavy (non-hydrogen) atoms. The van der Waals surface area contributed by atoms with Gasteiger partial charge in [0.1, 0.15) is 0 Å². The van der Waals surface area contributed by atoms with E-state index in [4.69, 9.17) is 10.3 Å². The number of rotatable bonds is 2. The van der Waals surface area contributed by atoms with Crippen LogP contribution in [0.15, 0.2) is 4.52 Å². The summed E-state index contributed by atoms with van der Waals surface area (Å²) in [5.74, 6) is 2.65. The zero-order valence-electron chi connectivity index (χ0n) is 14.4. The van der Waals surface area contributed by atoms with Crippen LogP contribution in [-0.4, -0.2) is 10.1 Å². The molecule has 0 saturated heterocycles. The van der Waals surface area contributed by atoms with Crippen molar-refractivity contribution >= 4 is 0 Å². The summed E-state index contributed by atoms with van der Waals surface area (Å²) in [6.07, 6.45) is 4.79. The van der Waals surface area contributed by atoms with Crippen molar-refractivity contribution in [2.45, 2.75) is 79.2 Å². The van der Waals surface area contributed by atoms with Crippen LogP contribution in [0.5, 0.6) is 0 Å². The van der Waals surface area contributed by atoms with E-state index in [0.29, 0.717) is 17.2 Å². The Morgan fingerprint density at radius 1 is 1.05 bits per heavy atom. The first-order valence-corrected chi connectivity index (χ1v) is 8.18. The van der Waals surface area contributed by atoms with Crippen LogP contribution in [-0.2, 0) is 0 Å². The lowest BCUT2D eigenvalue weighted by atomic mass is 9.70. The smallest absolute Gasteiger partial charge is 0.229 e. The molecule has 1 heterocycles. The van der Waals surface area contributed by atoms with Gasteiger partial charge in [-0.05, 0) is 42.4 Å². The van der Waals surface area contributed by atoms with Gasteiger partial charge in [-0.25, -0.2) is 0 Å². The monoisotopic (exact) mass is 293 g/mol. The number of hydrogen-bond donors (Lipinski definition) is 1. The second kappa shape index (κ2) is 5.71. The van der Waals surface area contributed by atoms with E-state index in [1.54, 1.807) is 0 Å². The largest absolute Gasteiger partial charge is 0.339 e. The molecule has 1 aromatic heterocycles. The highest BCUT2D eigenvalue weighted by molar-refractivity contribution is 5.02. The van der Waals surface area contributed by atoms with Crippen molar-refractivity contribution in [1.29, 1.82) is 0 Å². The third-order valence-electron chi connectivity index (χ3n) is 4.97. The van der Waals surface area contributed by atoms with E-state index in [0.717, 1.165) is 24.7 Å². The molecule has 2 rings (SSSR count). The topological polar surface area (TPSA) is 64.9 Å². The van der Waals surface area contributed by atoms with Crippen molar-refractivity contribution in [2.75, 3.05) is 0 Å². The van der Waals surface area contributed by atoms with E-state index in [1.165, 1.54) is 12.8 Å². The van der Waals surface area contributed by atoms with Crippen molar-refractivity contribution in [3.05, 3.63) is 11.7 Å². The SMILES string of the molecule is CC(C)(C)C1CCC(c2nc(C(N)C(C)(C)C)no2)CC1. The van der Waals surface area contributed by atoms with E-state index in [2.05, 4.69) is 51.7 Å². The average molecular weight is 293 g/mol. The van der Waals surface area contributed by atoms with E-state index in [-0.39, 0.29) is 11.5 Å². The lowest BCUT2D eigenvalue weighted by Crippen LogP contribution is -2.27. The van der Waals surface area contributed by atoms with Gasteiger partial charge in [0.15, 0.2) is 5.82 Å². The Labute approximate surface area is 128 Å². The van der Waals surface area contributed by atoms with Crippen molar-refractivity contribution in [3.63, 3.8) is 0 Å². The summed E-state index contributed by atoms with van der Waals surface area (Å²) in [5.41, 5.74) is 6.56. The van der Waals surface area contributed by atoms with Gasteiger partial charge in [0.2, 0.25) is 5.89 Å². The number of hydrogen-bond acceptors (Lipinski definition) is 4. The fourth-order valence-electron chi connectivity index (χ4n) is 3.13. The van der Waals surface area contributed by atoms with Crippen molar-refractivity contribution in [2.24, 2.45) is 22.5 Å². The van der Waals surface area contributed by atoms with Crippen LogP contribution in [0, 0.1) is 16.7 Å². The molecule has 0 radical (unpaired) electrons. The molecule has 1 aliphatic rings. The highest BCUT2D eigenvalue weighted by Gasteiger charge is 2.33. The third kappa shape index (κ3) is 3.85. The minimum Gasteiger partial charge on any atom is -0.339 e. The molecule has 4 heteroatoms.